The van der Waals surface area contributed by atoms with Crippen LogP contribution in [0.15, 0.2) is 0 Å². The highest BCUT2D eigenvalue weighted by Gasteiger charge is 2.34. The number of carboxylic acid groups (broad SMARTS) is 1. The molecular formula is C12H18N2O4. The Morgan fingerprint density at radius 2 is 2.00 bits per heavy atom. The van der Waals surface area contributed by atoms with Crippen LogP contribution in [0, 0.1) is 11.8 Å². The van der Waals surface area contributed by atoms with Crippen LogP contribution in [0.1, 0.15) is 32.1 Å². The van der Waals surface area contributed by atoms with Gasteiger partial charge < -0.3 is 15.7 Å². The maximum atomic E-state index is 11.8. The van der Waals surface area contributed by atoms with E-state index < -0.39 is 5.97 Å². The fraction of sp³-hybridized carbons (Fsp3) is 0.750. The summed E-state index contributed by atoms with van der Waals surface area (Å²) in [6.45, 7) is 0.443. The van der Waals surface area contributed by atoms with Crippen LogP contribution in [0.5, 0.6) is 0 Å². The number of amides is 2. The number of hydrogen-bond acceptors (Lipinski definition) is 3. The van der Waals surface area contributed by atoms with Crippen molar-refractivity contribution in [1.82, 2.24) is 10.6 Å². The van der Waals surface area contributed by atoms with E-state index in [2.05, 4.69) is 10.6 Å². The molecule has 2 amide bonds. The van der Waals surface area contributed by atoms with E-state index in [-0.39, 0.29) is 29.7 Å². The van der Waals surface area contributed by atoms with Crippen LogP contribution >= 0.6 is 0 Å². The zero-order chi connectivity index (χ0) is 13.1. The highest BCUT2D eigenvalue weighted by atomic mass is 16.4. The minimum Gasteiger partial charge on any atom is -0.481 e. The molecule has 3 atom stereocenters. The second-order valence-corrected chi connectivity index (χ2v) is 5.09. The van der Waals surface area contributed by atoms with Gasteiger partial charge in [-0.25, -0.2) is 0 Å². The van der Waals surface area contributed by atoms with Crippen LogP contribution in [0.2, 0.25) is 0 Å². The number of aliphatic carboxylic acids is 1. The van der Waals surface area contributed by atoms with Crippen molar-refractivity contribution in [2.45, 2.75) is 38.1 Å². The summed E-state index contributed by atoms with van der Waals surface area (Å²) in [7, 11) is 0. The Hall–Kier alpha value is -1.59. The van der Waals surface area contributed by atoms with Gasteiger partial charge in [0.2, 0.25) is 11.8 Å². The normalized spacial score (nSPS) is 31.1. The van der Waals surface area contributed by atoms with E-state index in [0.717, 1.165) is 6.42 Å². The van der Waals surface area contributed by atoms with Gasteiger partial charge in [0.05, 0.1) is 5.92 Å². The highest BCUT2D eigenvalue weighted by Crippen LogP contribution is 2.31. The van der Waals surface area contributed by atoms with Crippen LogP contribution in [0.4, 0.5) is 0 Å². The molecule has 18 heavy (non-hydrogen) atoms. The summed E-state index contributed by atoms with van der Waals surface area (Å²) in [5.74, 6) is -1.44. The third-order valence-corrected chi connectivity index (χ3v) is 3.76. The third kappa shape index (κ3) is 3.00. The van der Waals surface area contributed by atoms with Gasteiger partial charge >= 0.3 is 5.97 Å². The predicted octanol–water partition coefficient (Wildman–Crippen LogP) is -0.118. The molecule has 2 aliphatic rings. The Balaban J connectivity index is 1.72. The van der Waals surface area contributed by atoms with Crippen LogP contribution in [-0.2, 0) is 14.4 Å². The maximum absolute atomic E-state index is 11.8. The molecule has 3 N–H and O–H groups in total. The zero-order valence-electron chi connectivity index (χ0n) is 10.1. The summed E-state index contributed by atoms with van der Waals surface area (Å²) in [5.41, 5.74) is 0. The fourth-order valence-electron chi connectivity index (χ4n) is 2.64. The Bertz CT molecular complexity index is 369. The molecule has 100 valence electrons. The number of hydrogen-bond donors (Lipinski definition) is 3. The Labute approximate surface area is 105 Å². The summed E-state index contributed by atoms with van der Waals surface area (Å²) in [6.07, 6.45) is 2.91. The lowest BCUT2D eigenvalue weighted by Gasteiger charge is -2.14. The summed E-state index contributed by atoms with van der Waals surface area (Å²) in [5, 5.41) is 14.4. The molecule has 1 heterocycles. The Kier molecular flexibility index (Phi) is 3.84. The number of carbonyl (C=O) groups is 3. The van der Waals surface area contributed by atoms with Gasteiger partial charge in [0.15, 0.2) is 0 Å². The fourth-order valence-corrected chi connectivity index (χ4v) is 2.64. The van der Waals surface area contributed by atoms with Gasteiger partial charge in [-0.1, -0.05) is 0 Å². The first-order chi connectivity index (χ1) is 8.56. The van der Waals surface area contributed by atoms with Gasteiger partial charge in [0.25, 0.3) is 0 Å². The monoisotopic (exact) mass is 254 g/mol. The van der Waals surface area contributed by atoms with E-state index in [1.165, 1.54) is 0 Å². The van der Waals surface area contributed by atoms with E-state index >= 15 is 0 Å². The molecule has 2 fully saturated rings. The van der Waals surface area contributed by atoms with E-state index in [1.54, 1.807) is 0 Å². The summed E-state index contributed by atoms with van der Waals surface area (Å²) in [6, 6.07) is 0.0260. The van der Waals surface area contributed by atoms with Gasteiger partial charge in [0, 0.05) is 24.9 Å². The third-order valence-electron chi connectivity index (χ3n) is 3.76. The van der Waals surface area contributed by atoms with Gasteiger partial charge in [-0.05, 0) is 25.7 Å². The maximum Gasteiger partial charge on any atom is 0.306 e. The molecule has 2 rings (SSSR count). The lowest BCUT2D eigenvalue weighted by atomic mass is 10.0. The van der Waals surface area contributed by atoms with Crippen LogP contribution in [0.25, 0.3) is 0 Å². The largest absolute Gasteiger partial charge is 0.481 e. The molecule has 1 aliphatic heterocycles. The standard InChI is InChI=1S/C12H18N2O4/c15-10-4-3-9(14-10)6-13-11(16)7-1-2-8(5-7)12(17)18/h7-9H,1-6H2,(H,13,16)(H,14,15)(H,17,18). The molecule has 6 heteroatoms. The minimum atomic E-state index is -0.812. The van der Waals surface area contributed by atoms with E-state index in [9.17, 15) is 14.4 Å². The summed E-state index contributed by atoms with van der Waals surface area (Å²) < 4.78 is 0. The average Bonchev–Trinajstić information content (AvgIpc) is 2.94. The quantitative estimate of drug-likeness (QED) is 0.652. The van der Waals surface area contributed by atoms with Crippen molar-refractivity contribution in [2.24, 2.45) is 11.8 Å². The predicted molar refractivity (Wildman–Crippen MR) is 62.6 cm³/mol. The van der Waals surface area contributed by atoms with Crippen molar-refractivity contribution in [3.8, 4) is 0 Å². The smallest absolute Gasteiger partial charge is 0.306 e. The van der Waals surface area contributed by atoms with Crippen molar-refractivity contribution in [1.29, 1.82) is 0 Å². The molecule has 1 saturated carbocycles. The molecule has 0 aromatic carbocycles. The topological polar surface area (TPSA) is 95.5 Å². The lowest BCUT2D eigenvalue weighted by Crippen LogP contribution is -2.40. The van der Waals surface area contributed by atoms with Gasteiger partial charge in [-0.2, -0.15) is 0 Å². The van der Waals surface area contributed by atoms with Crippen LogP contribution < -0.4 is 10.6 Å². The van der Waals surface area contributed by atoms with Crippen molar-refractivity contribution in [3.63, 3.8) is 0 Å². The zero-order valence-corrected chi connectivity index (χ0v) is 10.1. The molecule has 0 aromatic heterocycles. The van der Waals surface area contributed by atoms with E-state index in [4.69, 9.17) is 5.11 Å². The molecular weight excluding hydrogens is 236 g/mol. The second-order valence-electron chi connectivity index (χ2n) is 5.09. The minimum absolute atomic E-state index is 0.0260. The van der Waals surface area contributed by atoms with Gasteiger partial charge in [-0.15, -0.1) is 0 Å². The Morgan fingerprint density at radius 3 is 2.56 bits per heavy atom. The molecule has 1 aliphatic carbocycles. The lowest BCUT2D eigenvalue weighted by molar-refractivity contribution is -0.141. The van der Waals surface area contributed by atoms with E-state index in [1.807, 2.05) is 0 Å². The molecule has 6 nitrogen and oxygen atoms in total. The molecule has 0 spiro atoms. The first-order valence-corrected chi connectivity index (χ1v) is 6.36. The van der Waals surface area contributed by atoms with E-state index in [0.29, 0.717) is 32.2 Å². The second kappa shape index (κ2) is 5.37. The summed E-state index contributed by atoms with van der Waals surface area (Å²) in [4.78, 5) is 33.6. The number of carbonyl (C=O) groups excluding carboxylic acids is 2. The molecule has 0 radical (unpaired) electrons. The highest BCUT2D eigenvalue weighted by molar-refractivity contribution is 5.81. The number of rotatable bonds is 4. The molecule has 0 bridgehead atoms. The van der Waals surface area contributed by atoms with Crippen molar-refractivity contribution >= 4 is 17.8 Å². The Morgan fingerprint density at radius 1 is 1.28 bits per heavy atom. The van der Waals surface area contributed by atoms with Crippen molar-refractivity contribution in [3.05, 3.63) is 0 Å². The summed E-state index contributed by atoms with van der Waals surface area (Å²) >= 11 is 0. The van der Waals surface area contributed by atoms with Crippen LogP contribution in [0.3, 0.4) is 0 Å². The van der Waals surface area contributed by atoms with Crippen molar-refractivity contribution in [2.75, 3.05) is 6.54 Å². The van der Waals surface area contributed by atoms with Crippen LogP contribution in [-0.4, -0.2) is 35.5 Å². The first-order valence-electron chi connectivity index (χ1n) is 6.36. The van der Waals surface area contributed by atoms with Crippen molar-refractivity contribution < 1.29 is 19.5 Å². The average molecular weight is 254 g/mol. The molecule has 3 unspecified atom stereocenters. The SMILES string of the molecule is O=C1CCC(CNC(=O)C2CCC(C(=O)O)C2)N1. The molecule has 0 aromatic rings. The van der Waals surface area contributed by atoms with Gasteiger partial charge in [-0.3, -0.25) is 14.4 Å². The first kappa shape index (κ1) is 12.9. The number of carboxylic acids is 1. The molecule has 1 saturated heterocycles. The number of nitrogens with one attached hydrogen (secondary N) is 2. The van der Waals surface area contributed by atoms with Gasteiger partial charge in [0.1, 0.15) is 0 Å².